The van der Waals surface area contributed by atoms with Crippen LogP contribution < -0.4 is 10.2 Å². The van der Waals surface area contributed by atoms with Crippen LogP contribution in [0.2, 0.25) is 0 Å². The van der Waals surface area contributed by atoms with Crippen molar-refractivity contribution in [3.05, 3.63) is 89.5 Å². The Hall–Kier alpha value is -4.26. The zero-order valence-corrected chi connectivity index (χ0v) is 18.8. The lowest BCUT2D eigenvalue weighted by Crippen LogP contribution is -2.24. The third-order valence-corrected chi connectivity index (χ3v) is 5.89. The van der Waals surface area contributed by atoms with E-state index in [0.29, 0.717) is 30.3 Å². The van der Waals surface area contributed by atoms with Gasteiger partial charge >= 0.3 is 0 Å². The van der Waals surface area contributed by atoms with Gasteiger partial charge in [0.15, 0.2) is 0 Å². The molecule has 0 radical (unpaired) electrons. The minimum atomic E-state index is -0.170. The maximum Gasteiger partial charge on any atom is 0.251 e. The Morgan fingerprint density at radius 1 is 0.912 bits per heavy atom. The first-order valence-electron chi connectivity index (χ1n) is 11.3. The molecule has 1 N–H and O–H groups in total. The first-order chi connectivity index (χ1) is 16.6. The van der Waals surface area contributed by atoms with Gasteiger partial charge in [-0.05, 0) is 67.4 Å². The molecule has 2 heterocycles. The van der Waals surface area contributed by atoms with E-state index in [-0.39, 0.29) is 11.8 Å². The van der Waals surface area contributed by atoms with E-state index in [9.17, 15) is 9.59 Å². The van der Waals surface area contributed by atoms with E-state index in [4.69, 9.17) is 4.42 Å². The van der Waals surface area contributed by atoms with Crippen molar-refractivity contribution >= 4 is 17.5 Å². The van der Waals surface area contributed by atoms with Crippen molar-refractivity contribution in [3.63, 3.8) is 0 Å². The summed E-state index contributed by atoms with van der Waals surface area (Å²) in [6.07, 6.45) is 1.51. The van der Waals surface area contributed by atoms with Gasteiger partial charge in [-0.15, -0.1) is 10.2 Å². The first kappa shape index (κ1) is 21.6. The lowest BCUT2D eigenvalue weighted by atomic mass is 10.1. The zero-order valence-electron chi connectivity index (χ0n) is 18.8. The van der Waals surface area contributed by atoms with Crippen LogP contribution in [0.1, 0.15) is 34.3 Å². The van der Waals surface area contributed by atoms with Crippen LogP contribution in [0.5, 0.6) is 0 Å². The normalized spacial score (nSPS) is 13.3. The molecule has 1 saturated heterocycles. The largest absolute Gasteiger partial charge is 0.416 e. The topological polar surface area (TPSA) is 88.3 Å². The quantitative estimate of drug-likeness (QED) is 0.455. The van der Waals surface area contributed by atoms with Gasteiger partial charge in [0.2, 0.25) is 17.7 Å². The summed E-state index contributed by atoms with van der Waals surface area (Å²) >= 11 is 0. The Balaban J connectivity index is 1.20. The second kappa shape index (κ2) is 9.31. The molecule has 0 aliphatic carbocycles. The van der Waals surface area contributed by atoms with Crippen molar-refractivity contribution in [1.82, 2.24) is 15.5 Å². The molecule has 7 nitrogen and oxygen atoms in total. The minimum absolute atomic E-state index is 0.163. The lowest BCUT2D eigenvalue weighted by molar-refractivity contribution is -0.117. The third-order valence-electron chi connectivity index (χ3n) is 5.89. The predicted octanol–water partition coefficient (Wildman–Crippen LogP) is 4.77. The molecule has 5 rings (SSSR count). The molecule has 3 aromatic carbocycles. The summed E-state index contributed by atoms with van der Waals surface area (Å²) in [5, 5.41) is 11.2. The number of amides is 2. The summed E-state index contributed by atoms with van der Waals surface area (Å²) in [5.41, 5.74) is 5.18. The lowest BCUT2D eigenvalue weighted by Gasteiger charge is -2.16. The molecule has 1 aliphatic rings. The number of rotatable bonds is 6. The molecule has 4 aromatic rings. The Labute approximate surface area is 197 Å². The minimum Gasteiger partial charge on any atom is -0.416 e. The summed E-state index contributed by atoms with van der Waals surface area (Å²) in [4.78, 5) is 26.3. The summed E-state index contributed by atoms with van der Waals surface area (Å²) < 4.78 is 5.81. The van der Waals surface area contributed by atoms with Gasteiger partial charge < -0.3 is 14.6 Å². The number of carbonyl (C=O) groups excluding carboxylic acids is 2. The average molecular weight is 453 g/mol. The molecule has 1 fully saturated rings. The van der Waals surface area contributed by atoms with Gasteiger partial charge in [-0.2, -0.15) is 0 Å². The summed E-state index contributed by atoms with van der Waals surface area (Å²) in [6, 6.07) is 22.7. The molecule has 1 aliphatic heterocycles. The van der Waals surface area contributed by atoms with Crippen LogP contribution in [0.4, 0.5) is 5.69 Å². The molecule has 0 spiro atoms. The maximum atomic E-state index is 12.6. The molecule has 0 bridgehead atoms. The monoisotopic (exact) mass is 452 g/mol. The molecule has 2 amide bonds. The van der Waals surface area contributed by atoms with Gasteiger partial charge in [0.1, 0.15) is 0 Å². The Morgan fingerprint density at radius 2 is 1.53 bits per heavy atom. The number of carbonyl (C=O) groups is 2. The molecule has 1 aromatic heterocycles. The first-order valence-corrected chi connectivity index (χ1v) is 11.3. The number of hydrogen-bond donors (Lipinski definition) is 1. The number of benzene rings is 3. The number of aromatic nitrogens is 2. The summed E-state index contributed by atoms with van der Waals surface area (Å²) in [6.45, 7) is 3.19. The Morgan fingerprint density at radius 3 is 2.12 bits per heavy atom. The van der Waals surface area contributed by atoms with Crippen molar-refractivity contribution in [2.24, 2.45) is 0 Å². The highest BCUT2D eigenvalue weighted by molar-refractivity contribution is 5.95. The molecule has 0 unspecified atom stereocenters. The van der Waals surface area contributed by atoms with Crippen LogP contribution in [0.25, 0.3) is 22.9 Å². The van der Waals surface area contributed by atoms with E-state index >= 15 is 0 Å². The van der Waals surface area contributed by atoms with Crippen molar-refractivity contribution in [2.75, 3.05) is 11.4 Å². The van der Waals surface area contributed by atoms with Crippen LogP contribution >= 0.6 is 0 Å². The van der Waals surface area contributed by atoms with Gasteiger partial charge in [0.05, 0.1) is 0 Å². The number of hydrogen-bond acceptors (Lipinski definition) is 5. The van der Waals surface area contributed by atoms with Gasteiger partial charge in [0.25, 0.3) is 5.91 Å². The van der Waals surface area contributed by atoms with Crippen LogP contribution in [-0.4, -0.2) is 28.6 Å². The van der Waals surface area contributed by atoms with Crippen molar-refractivity contribution in [2.45, 2.75) is 26.3 Å². The SMILES string of the molecule is Cc1ccc(-c2nnc(-c3ccc(C(=O)NCc4ccc(N5CCCC5=O)cc4)cc3)o2)cc1. The number of nitrogens with one attached hydrogen (secondary N) is 1. The van der Waals surface area contributed by atoms with E-state index in [1.54, 1.807) is 29.2 Å². The van der Waals surface area contributed by atoms with Crippen molar-refractivity contribution in [1.29, 1.82) is 0 Å². The number of anilines is 1. The molecule has 170 valence electrons. The Kier molecular flexibility index (Phi) is 5.91. The van der Waals surface area contributed by atoms with Crippen molar-refractivity contribution < 1.29 is 14.0 Å². The summed E-state index contributed by atoms with van der Waals surface area (Å²) in [7, 11) is 0. The van der Waals surface area contributed by atoms with Gasteiger partial charge in [-0.25, -0.2) is 0 Å². The van der Waals surface area contributed by atoms with Gasteiger partial charge in [0, 0.05) is 41.9 Å². The highest BCUT2D eigenvalue weighted by Crippen LogP contribution is 2.25. The Bertz CT molecular complexity index is 1310. The van der Waals surface area contributed by atoms with Crippen LogP contribution in [0.15, 0.2) is 77.2 Å². The van der Waals surface area contributed by atoms with Crippen LogP contribution in [0, 0.1) is 6.92 Å². The van der Waals surface area contributed by atoms with Gasteiger partial charge in [-0.3, -0.25) is 9.59 Å². The maximum absolute atomic E-state index is 12.6. The highest BCUT2D eigenvalue weighted by atomic mass is 16.4. The molecule has 0 saturated carbocycles. The standard InChI is InChI=1S/C27H24N4O3/c1-18-4-8-21(9-5-18)26-29-30-27(34-26)22-12-10-20(11-13-22)25(33)28-17-19-6-14-23(15-7-19)31-16-2-3-24(31)32/h4-15H,2-3,16-17H2,1H3,(H,28,33). The molecular weight excluding hydrogens is 428 g/mol. The number of nitrogens with zero attached hydrogens (tertiary/aromatic N) is 3. The smallest absolute Gasteiger partial charge is 0.251 e. The van der Waals surface area contributed by atoms with E-state index in [0.717, 1.165) is 40.9 Å². The fourth-order valence-corrected chi connectivity index (χ4v) is 3.92. The number of aryl methyl sites for hydroxylation is 1. The highest BCUT2D eigenvalue weighted by Gasteiger charge is 2.21. The van der Waals surface area contributed by atoms with Gasteiger partial charge in [-0.1, -0.05) is 29.8 Å². The molecular formula is C27H24N4O3. The molecule has 0 atom stereocenters. The zero-order chi connectivity index (χ0) is 23.5. The van der Waals surface area contributed by atoms with E-state index in [1.807, 2.05) is 55.5 Å². The predicted molar refractivity (Wildman–Crippen MR) is 129 cm³/mol. The van der Waals surface area contributed by atoms with E-state index in [2.05, 4.69) is 15.5 Å². The summed E-state index contributed by atoms with van der Waals surface area (Å²) in [5.74, 6) is 0.851. The second-order valence-electron chi connectivity index (χ2n) is 8.35. The molecule has 34 heavy (non-hydrogen) atoms. The van der Waals surface area contributed by atoms with Crippen LogP contribution in [-0.2, 0) is 11.3 Å². The third kappa shape index (κ3) is 4.59. The van der Waals surface area contributed by atoms with Crippen LogP contribution in [0.3, 0.4) is 0 Å². The molecule has 7 heteroatoms. The average Bonchev–Trinajstić information content (AvgIpc) is 3.53. The second-order valence-corrected chi connectivity index (χ2v) is 8.35. The fraction of sp³-hybridized carbons (Fsp3) is 0.185. The van der Waals surface area contributed by atoms with Crippen molar-refractivity contribution in [3.8, 4) is 22.9 Å². The fourth-order valence-electron chi connectivity index (χ4n) is 3.92. The van der Waals surface area contributed by atoms with E-state index < -0.39 is 0 Å². The van der Waals surface area contributed by atoms with E-state index in [1.165, 1.54) is 0 Å².